The quantitative estimate of drug-likeness (QED) is 0.426. The van der Waals surface area contributed by atoms with Gasteiger partial charge in [-0.2, -0.15) is 0 Å². The molecule has 0 bridgehead atoms. The molecule has 0 unspecified atom stereocenters. The summed E-state index contributed by atoms with van der Waals surface area (Å²) in [4.78, 5) is 36.3. The number of carbonyl (C=O) groups excluding carboxylic acids is 1. The maximum atomic E-state index is 13.1. The van der Waals surface area contributed by atoms with Crippen molar-refractivity contribution in [3.63, 3.8) is 0 Å². The molecule has 6 nitrogen and oxygen atoms in total. The molecule has 146 valence electrons. The summed E-state index contributed by atoms with van der Waals surface area (Å²) < 4.78 is 2.29. The van der Waals surface area contributed by atoms with Crippen LogP contribution in [0.1, 0.15) is 12.1 Å². The Balaban J connectivity index is 1.61. The third kappa shape index (κ3) is 4.13. The highest BCUT2D eigenvalue weighted by Crippen LogP contribution is 2.29. The molecule has 0 spiro atoms. The molecule has 29 heavy (non-hydrogen) atoms. The zero-order chi connectivity index (χ0) is 20.4. The molecule has 0 atom stereocenters. The Labute approximate surface area is 179 Å². The van der Waals surface area contributed by atoms with Crippen LogP contribution in [0.25, 0.3) is 10.9 Å². The number of halogens is 1. The summed E-state index contributed by atoms with van der Waals surface area (Å²) in [5.41, 5.74) is 2.07. The molecule has 0 aliphatic rings. The minimum atomic E-state index is -0.166. The molecular weight excluding hydrogens is 452 g/mol. The van der Waals surface area contributed by atoms with Gasteiger partial charge in [0.25, 0.3) is 5.56 Å². The van der Waals surface area contributed by atoms with Crippen molar-refractivity contribution in [3.8, 4) is 0 Å². The third-order valence-corrected chi connectivity index (χ3v) is 5.85. The Bertz CT molecular complexity index is 1240. The molecule has 0 aliphatic carbocycles. The molecule has 2 heterocycles. The lowest BCUT2D eigenvalue weighted by molar-refractivity contribution is -0.118. The van der Waals surface area contributed by atoms with E-state index in [2.05, 4.69) is 25.9 Å². The van der Waals surface area contributed by atoms with Crippen LogP contribution >= 0.6 is 27.3 Å². The van der Waals surface area contributed by atoms with Crippen LogP contribution in [0.4, 0.5) is 10.8 Å². The van der Waals surface area contributed by atoms with Crippen molar-refractivity contribution in [2.45, 2.75) is 19.9 Å². The van der Waals surface area contributed by atoms with E-state index in [1.54, 1.807) is 17.0 Å². The fraction of sp³-hybridized carbons (Fsp3) is 0.143. The summed E-state index contributed by atoms with van der Waals surface area (Å²) in [6.07, 6.45) is 1.64. The maximum absolute atomic E-state index is 13.1. The van der Waals surface area contributed by atoms with Crippen LogP contribution < -0.4 is 10.5 Å². The van der Waals surface area contributed by atoms with Crippen LogP contribution in [-0.2, 0) is 11.3 Å². The van der Waals surface area contributed by atoms with Crippen molar-refractivity contribution < 1.29 is 4.79 Å². The van der Waals surface area contributed by atoms with Crippen LogP contribution in [0.3, 0.4) is 0 Å². The van der Waals surface area contributed by atoms with Gasteiger partial charge in [0.1, 0.15) is 0 Å². The predicted octanol–water partition coefficient (Wildman–Crippen LogP) is 4.68. The minimum absolute atomic E-state index is 0.133. The van der Waals surface area contributed by atoms with Crippen LogP contribution in [-0.4, -0.2) is 20.4 Å². The molecule has 1 amide bonds. The van der Waals surface area contributed by atoms with E-state index < -0.39 is 0 Å². The molecule has 8 heteroatoms. The van der Waals surface area contributed by atoms with E-state index in [1.165, 1.54) is 22.2 Å². The van der Waals surface area contributed by atoms with E-state index in [9.17, 15) is 9.59 Å². The Morgan fingerprint density at radius 3 is 2.72 bits per heavy atom. The van der Waals surface area contributed by atoms with Crippen LogP contribution in [0.15, 0.2) is 69.5 Å². The van der Waals surface area contributed by atoms with Gasteiger partial charge in [0.05, 0.1) is 28.6 Å². The average Bonchev–Trinajstić information content (AvgIpc) is 3.14. The van der Waals surface area contributed by atoms with Gasteiger partial charge < -0.3 is 0 Å². The molecule has 4 rings (SSSR count). The molecule has 0 aliphatic heterocycles. The SMILES string of the molecule is Cc1csc(N(C(=O)CCn2cnc3ccc(Br)cc3c2=O)c2ccccc2)n1. The molecular formula is C21H17BrN4O2S. The Hall–Kier alpha value is -2.84. The van der Waals surface area contributed by atoms with Gasteiger partial charge in [-0.25, -0.2) is 9.97 Å². The lowest BCUT2D eigenvalue weighted by Gasteiger charge is -2.20. The van der Waals surface area contributed by atoms with Crippen LogP contribution in [0.5, 0.6) is 0 Å². The molecule has 2 aromatic heterocycles. The van der Waals surface area contributed by atoms with Crippen LogP contribution in [0.2, 0.25) is 0 Å². The van der Waals surface area contributed by atoms with E-state index in [1.807, 2.05) is 48.7 Å². The minimum Gasteiger partial charge on any atom is -0.298 e. The largest absolute Gasteiger partial charge is 0.298 e. The zero-order valence-corrected chi connectivity index (χ0v) is 18.0. The smallest absolute Gasteiger partial charge is 0.261 e. The summed E-state index contributed by atoms with van der Waals surface area (Å²) in [6.45, 7) is 2.13. The fourth-order valence-corrected chi connectivity index (χ4v) is 4.20. The van der Waals surface area contributed by atoms with Crippen molar-refractivity contribution >= 4 is 54.9 Å². The molecule has 0 radical (unpaired) electrons. The number of aromatic nitrogens is 3. The summed E-state index contributed by atoms with van der Waals surface area (Å²) >= 11 is 4.80. The second-order valence-electron chi connectivity index (χ2n) is 6.49. The number of hydrogen-bond donors (Lipinski definition) is 0. The highest BCUT2D eigenvalue weighted by atomic mass is 79.9. The fourth-order valence-electron chi connectivity index (χ4n) is 3.00. The van der Waals surface area contributed by atoms with Gasteiger partial charge in [-0.15, -0.1) is 11.3 Å². The van der Waals surface area contributed by atoms with Gasteiger partial charge in [-0.1, -0.05) is 34.1 Å². The number of amides is 1. The normalized spacial score (nSPS) is 11.0. The Kier molecular flexibility index (Phi) is 5.55. The summed E-state index contributed by atoms with van der Waals surface area (Å²) in [7, 11) is 0. The number of nitrogens with zero attached hydrogens (tertiary/aromatic N) is 4. The number of hydrogen-bond acceptors (Lipinski definition) is 5. The van der Waals surface area contributed by atoms with Gasteiger partial charge in [0.15, 0.2) is 5.13 Å². The molecule has 0 saturated carbocycles. The Morgan fingerprint density at radius 1 is 1.21 bits per heavy atom. The monoisotopic (exact) mass is 468 g/mol. The van der Waals surface area contributed by atoms with E-state index >= 15 is 0 Å². The molecule has 4 aromatic rings. The number of aryl methyl sites for hydroxylation is 2. The van der Waals surface area contributed by atoms with Crippen molar-refractivity contribution in [2.24, 2.45) is 0 Å². The van der Waals surface area contributed by atoms with E-state index in [0.29, 0.717) is 16.0 Å². The highest BCUT2D eigenvalue weighted by molar-refractivity contribution is 9.10. The Morgan fingerprint density at radius 2 is 2.00 bits per heavy atom. The predicted molar refractivity (Wildman–Crippen MR) is 119 cm³/mol. The summed E-state index contributed by atoms with van der Waals surface area (Å²) in [5.74, 6) is -0.133. The molecule has 0 N–H and O–H groups in total. The molecule has 0 saturated heterocycles. The van der Waals surface area contributed by atoms with Crippen molar-refractivity contribution in [1.82, 2.24) is 14.5 Å². The average molecular weight is 469 g/mol. The molecule has 2 aromatic carbocycles. The lowest BCUT2D eigenvalue weighted by atomic mass is 10.2. The van der Waals surface area contributed by atoms with E-state index in [-0.39, 0.29) is 24.4 Å². The highest BCUT2D eigenvalue weighted by Gasteiger charge is 2.21. The first-order valence-corrected chi connectivity index (χ1v) is 10.6. The standard InChI is InChI=1S/C21H17BrN4O2S/c1-14-12-29-21(24-14)26(16-5-3-2-4-6-16)19(27)9-10-25-13-23-18-8-7-15(22)11-17(18)20(25)28/h2-8,11-13H,9-10H2,1H3. The molecule has 0 fully saturated rings. The third-order valence-electron chi connectivity index (χ3n) is 4.41. The van der Waals surface area contributed by atoms with Crippen molar-refractivity contribution in [3.05, 3.63) is 80.8 Å². The number of thiazole rings is 1. The van der Waals surface area contributed by atoms with Gasteiger partial charge in [0.2, 0.25) is 5.91 Å². The van der Waals surface area contributed by atoms with E-state index in [0.717, 1.165) is 15.9 Å². The van der Waals surface area contributed by atoms with Crippen molar-refractivity contribution in [1.29, 1.82) is 0 Å². The first-order valence-electron chi connectivity index (χ1n) is 8.98. The second-order valence-corrected chi connectivity index (χ2v) is 8.24. The number of para-hydroxylation sites is 1. The van der Waals surface area contributed by atoms with E-state index in [4.69, 9.17) is 0 Å². The van der Waals surface area contributed by atoms with Crippen LogP contribution in [0, 0.1) is 6.92 Å². The second kappa shape index (κ2) is 8.26. The lowest BCUT2D eigenvalue weighted by Crippen LogP contribution is -2.29. The number of carbonyl (C=O) groups is 1. The topological polar surface area (TPSA) is 68.1 Å². The van der Waals surface area contributed by atoms with Crippen molar-refractivity contribution in [2.75, 3.05) is 4.90 Å². The number of benzene rings is 2. The van der Waals surface area contributed by atoms with Gasteiger partial charge >= 0.3 is 0 Å². The first kappa shape index (κ1) is 19.5. The first-order chi connectivity index (χ1) is 14.0. The zero-order valence-electron chi connectivity index (χ0n) is 15.6. The van der Waals surface area contributed by atoms with Gasteiger partial charge in [-0.05, 0) is 37.3 Å². The van der Waals surface area contributed by atoms with Gasteiger partial charge in [-0.3, -0.25) is 19.1 Å². The number of anilines is 2. The summed E-state index contributed by atoms with van der Waals surface area (Å²) in [6, 6.07) is 14.8. The summed E-state index contributed by atoms with van der Waals surface area (Å²) in [5, 5.41) is 3.05. The number of rotatable bonds is 5. The van der Waals surface area contributed by atoms with Gasteiger partial charge in [0, 0.05) is 22.8 Å². The maximum Gasteiger partial charge on any atom is 0.261 e. The number of fused-ring (bicyclic) bond motifs is 1.